The average Bonchev–Trinajstić information content (AvgIpc) is 2.53. The molecule has 0 aromatic heterocycles. The minimum atomic E-state index is -0.849. The number of carboxylic acid groups (broad SMARTS) is 1. The standard InChI is InChI=1S/C16H21NO5S/c1-16(2,15(20)17-5-8-23-10-14(18)19)11-3-4-12-13(9-11)22-7-6-21-12/h3-4,9H,5-8,10H2,1-2H3,(H,17,20)(H,18,19). The molecule has 1 aliphatic rings. The molecule has 0 unspecified atom stereocenters. The van der Waals surface area contributed by atoms with Gasteiger partial charge in [-0.25, -0.2) is 0 Å². The summed E-state index contributed by atoms with van der Waals surface area (Å²) in [6.07, 6.45) is 0. The number of hydrogen-bond donors (Lipinski definition) is 2. The number of amides is 1. The average molecular weight is 339 g/mol. The Morgan fingerprint density at radius 1 is 1.26 bits per heavy atom. The largest absolute Gasteiger partial charge is 0.486 e. The predicted molar refractivity (Wildman–Crippen MR) is 88.4 cm³/mol. The molecule has 6 nitrogen and oxygen atoms in total. The number of carbonyl (C=O) groups excluding carboxylic acids is 1. The van der Waals surface area contributed by atoms with Crippen molar-refractivity contribution in [3.05, 3.63) is 23.8 Å². The highest BCUT2D eigenvalue weighted by atomic mass is 32.2. The summed E-state index contributed by atoms with van der Waals surface area (Å²) in [5, 5.41) is 11.4. The number of nitrogens with one attached hydrogen (secondary N) is 1. The lowest BCUT2D eigenvalue weighted by Crippen LogP contribution is -2.41. The lowest BCUT2D eigenvalue weighted by Gasteiger charge is -2.26. The van der Waals surface area contributed by atoms with Gasteiger partial charge in [-0.1, -0.05) is 6.07 Å². The molecule has 0 atom stereocenters. The number of benzene rings is 1. The summed E-state index contributed by atoms with van der Waals surface area (Å²) < 4.78 is 11.0. The molecule has 1 aromatic rings. The van der Waals surface area contributed by atoms with Gasteiger partial charge in [0.05, 0.1) is 11.2 Å². The Hall–Kier alpha value is -1.89. The topological polar surface area (TPSA) is 84.9 Å². The van der Waals surface area contributed by atoms with Crippen molar-refractivity contribution in [1.29, 1.82) is 0 Å². The van der Waals surface area contributed by atoms with Crippen molar-refractivity contribution in [1.82, 2.24) is 5.32 Å². The number of hydrogen-bond acceptors (Lipinski definition) is 5. The van der Waals surface area contributed by atoms with Crippen molar-refractivity contribution in [2.45, 2.75) is 19.3 Å². The van der Waals surface area contributed by atoms with E-state index in [0.29, 0.717) is 37.0 Å². The molecule has 0 fully saturated rings. The molecule has 1 aliphatic heterocycles. The zero-order chi connectivity index (χ0) is 16.9. The molecule has 1 aromatic carbocycles. The van der Waals surface area contributed by atoms with Crippen molar-refractivity contribution in [3.8, 4) is 11.5 Å². The third-order valence-corrected chi connectivity index (χ3v) is 4.53. The highest BCUT2D eigenvalue weighted by molar-refractivity contribution is 7.99. The van der Waals surface area contributed by atoms with Gasteiger partial charge in [0.25, 0.3) is 0 Å². The Balaban J connectivity index is 1.94. The summed E-state index contributed by atoms with van der Waals surface area (Å²) in [5.74, 6) is 1.01. The summed E-state index contributed by atoms with van der Waals surface area (Å²) >= 11 is 1.28. The van der Waals surface area contributed by atoms with Gasteiger partial charge in [0, 0.05) is 12.3 Å². The monoisotopic (exact) mass is 339 g/mol. The van der Waals surface area contributed by atoms with Crippen molar-refractivity contribution in [2.75, 3.05) is 31.3 Å². The van der Waals surface area contributed by atoms with Gasteiger partial charge in [0.2, 0.25) is 5.91 Å². The molecule has 23 heavy (non-hydrogen) atoms. The van der Waals surface area contributed by atoms with Crippen LogP contribution < -0.4 is 14.8 Å². The molecule has 2 rings (SSSR count). The van der Waals surface area contributed by atoms with Crippen LogP contribution in [-0.4, -0.2) is 48.2 Å². The minimum absolute atomic E-state index is 0.0431. The van der Waals surface area contributed by atoms with Crippen LogP contribution in [0.4, 0.5) is 0 Å². The molecular weight excluding hydrogens is 318 g/mol. The number of ether oxygens (including phenoxy) is 2. The Morgan fingerprint density at radius 2 is 1.96 bits per heavy atom. The molecular formula is C16H21NO5S. The van der Waals surface area contributed by atoms with E-state index < -0.39 is 11.4 Å². The lowest BCUT2D eigenvalue weighted by atomic mass is 9.83. The van der Waals surface area contributed by atoms with Crippen LogP contribution in [0.1, 0.15) is 19.4 Å². The Kier molecular flexibility index (Phi) is 5.76. The molecule has 0 saturated heterocycles. The van der Waals surface area contributed by atoms with Crippen LogP contribution in [0.5, 0.6) is 11.5 Å². The third kappa shape index (κ3) is 4.54. The summed E-state index contributed by atoms with van der Waals surface area (Å²) in [6, 6.07) is 5.53. The smallest absolute Gasteiger partial charge is 0.313 e. The molecule has 1 heterocycles. The van der Waals surface area contributed by atoms with Crippen LogP contribution in [-0.2, 0) is 15.0 Å². The molecule has 126 valence electrons. The van der Waals surface area contributed by atoms with E-state index in [2.05, 4.69) is 5.32 Å². The fourth-order valence-electron chi connectivity index (χ4n) is 2.18. The summed E-state index contributed by atoms with van der Waals surface area (Å²) in [6.45, 7) is 5.16. The van der Waals surface area contributed by atoms with Crippen LogP contribution >= 0.6 is 11.8 Å². The quantitative estimate of drug-likeness (QED) is 0.735. The van der Waals surface area contributed by atoms with E-state index in [0.717, 1.165) is 5.56 Å². The fourth-order valence-corrected chi connectivity index (χ4v) is 2.75. The van der Waals surface area contributed by atoms with Crippen molar-refractivity contribution in [2.24, 2.45) is 0 Å². The Bertz CT molecular complexity index is 588. The van der Waals surface area contributed by atoms with Crippen molar-refractivity contribution >= 4 is 23.6 Å². The summed E-state index contributed by atoms with van der Waals surface area (Å²) in [4.78, 5) is 22.8. The molecule has 7 heteroatoms. The maximum atomic E-state index is 12.4. The first-order chi connectivity index (χ1) is 10.9. The zero-order valence-electron chi connectivity index (χ0n) is 13.3. The summed E-state index contributed by atoms with van der Waals surface area (Å²) in [5.41, 5.74) is 0.130. The molecule has 1 amide bonds. The van der Waals surface area contributed by atoms with Gasteiger partial charge in [0.15, 0.2) is 11.5 Å². The second kappa shape index (κ2) is 7.59. The van der Waals surface area contributed by atoms with Gasteiger partial charge in [-0.15, -0.1) is 11.8 Å². The fraction of sp³-hybridized carbons (Fsp3) is 0.500. The van der Waals surface area contributed by atoms with E-state index in [1.54, 1.807) is 0 Å². The molecule has 0 radical (unpaired) electrons. The Morgan fingerprint density at radius 3 is 2.65 bits per heavy atom. The van der Waals surface area contributed by atoms with Crippen molar-refractivity contribution < 1.29 is 24.2 Å². The zero-order valence-corrected chi connectivity index (χ0v) is 14.1. The van der Waals surface area contributed by atoms with Gasteiger partial charge in [-0.3, -0.25) is 9.59 Å². The van der Waals surface area contributed by atoms with E-state index in [-0.39, 0.29) is 11.7 Å². The van der Waals surface area contributed by atoms with Crippen LogP contribution in [0.15, 0.2) is 18.2 Å². The minimum Gasteiger partial charge on any atom is -0.486 e. The van der Waals surface area contributed by atoms with Crippen LogP contribution in [0.25, 0.3) is 0 Å². The molecule has 0 spiro atoms. The first kappa shape index (κ1) is 17.5. The lowest BCUT2D eigenvalue weighted by molar-refractivity contribution is -0.134. The number of rotatable bonds is 7. The second-order valence-electron chi connectivity index (χ2n) is 5.69. The first-order valence-electron chi connectivity index (χ1n) is 7.39. The van der Waals surface area contributed by atoms with E-state index in [1.807, 2.05) is 32.0 Å². The van der Waals surface area contributed by atoms with Gasteiger partial charge in [-0.05, 0) is 31.5 Å². The molecule has 0 saturated carbocycles. The summed E-state index contributed by atoms with van der Waals surface area (Å²) in [7, 11) is 0. The van der Waals surface area contributed by atoms with Crippen LogP contribution in [0, 0.1) is 0 Å². The number of carboxylic acids is 1. The Labute approximate surface area is 139 Å². The SMILES string of the molecule is CC(C)(C(=O)NCCSCC(=O)O)c1ccc2c(c1)OCCO2. The van der Waals surface area contributed by atoms with Gasteiger partial charge in [0.1, 0.15) is 13.2 Å². The number of thioether (sulfide) groups is 1. The highest BCUT2D eigenvalue weighted by Gasteiger charge is 2.30. The molecule has 0 bridgehead atoms. The van der Waals surface area contributed by atoms with E-state index >= 15 is 0 Å². The van der Waals surface area contributed by atoms with Gasteiger partial charge >= 0.3 is 5.97 Å². The van der Waals surface area contributed by atoms with E-state index in [1.165, 1.54) is 11.8 Å². The van der Waals surface area contributed by atoms with Crippen LogP contribution in [0.2, 0.25) is 0 Å². The second-order valence-corrected chi connectivity index (χ2v) is 6.79. The van der Waals surface area contributed by atoms with Gasteiger partial charge in [-0.2, -0.15) is 0 Å². The molecule has 2 N–H and O–H groups in total. The first-order valence-corrected chi connectivity index (χ1v) is 8.54. The van der Waals surface area contributed by atoms with Gasteiger partial charge < -0.3 is 19.9 Å². The number of carbonyl (C=O) groups is 2. The highest BCUT2D eigenvalue weighted by Crippen LogP contribution is 2.35. The van der Waals surface area contributed by atoms with Crippen LogP contribution in [0.3, 0.4) is 0 Å². The number of aliphatic carboxylic acids is 1. The maximum absolute atomic E-state index is 12.4. The van der Waals surface area contributed by atoms with Crippen molar-refractivity contribution in [3.63, 3.8) is 0 Å². The predicted octanol–water partition coefficient (Wildman–Crippen LogP) is 1.67. The number of fused-ring (bicyclic) bond motifs is 1. The normalized spacial score (nSPS) is 13.5. The molecule has 0 aliphatic carbocycles. The maximum Gasteiger partial charge on any atom is 0.313 e. The third-order valence-electron chi connectivity index (χ3n) is 3.59. The van der Waals surface area contributed by atoms with E-state index in [4.69, 9.17) is 14.6 Å². The van der Waals surface area contributed by atoms with E-state index in [9.17, 15) is 9.59 Å².